The van der Waals surface area contributed by atoms with Gasteiger partial charge in [-0.05, 0) is 23.2 Å². The van der Waals surface area contributed by atoms with Gasteiger partial charge in [-0.2, -0.15) is 0 Å². The molecule has 0 amide bonds. The van der Waals surface area contributed by atoms with Crippen LogP contribution in [0.1, 0.15) is 26.3 Å². The molecule has 2 heteroatoms. The molecule has 84 valence electrons. The topological polar surface area (TPSA) is 20.2 Å². The van der Waals surface area contributed by atoms with Crippen molar-refractivity contribution in [3.05, 3.63) is 29.8 Å². The molecule has 0 aliphatic carbocycles. The summed E-state index contributed by atoms with van der Waals surface area (Å²) < 4.78 is 0. The fourth-order valence-corrected chi connectivity index (χ4v) is 3.18. The van der Waals surface area contributed by atoms with Crippen LogP contribution in [0.15, 0.2) is 24.3 Å². The van der Waals surface area contributed by atoms with E-state index in [0.29, 0.717) is 10.8 Å². The largest absolute Gasteiger partial charge is 0.508 e. The van der Waals surface area contributed by atoms with E-state index >= 15 is 0 Å². The minimum Gasteiger partial charge on any atom is -0.508 e. The summed E-state index contributed by atoms with van der Waals surface area (Å²) in [5.74, 6) is 0.356. The first kappa shape index (κ1) is 12.3. The van der Waals surface area contributed by atoms with E-state index in [2.05, 4.69) is 33.9 Å². The monoisotopic (exact) mass is 222 g/mol. The van der Waals surface area contributed by atoms with E-state index in [4.69, 9.17) is 0 Å². The quantitative estimate of drug-likeness (QED) is 0.750. The first-order valence-corrected chi connectivity index (χ1v) is 8.71. The van der Waals surface area contributed by atoms with E-state index in [0.717, 1.165) is 0 Å². The molecule has 0 aliphatic rings. The van der Waals surface area contributed by atoms with Gasteiger partial charge in [0.2, 0.25) is 0 Å². The smallest absolute Gasteiger partial charge is 0.115 e. The first-order valence-electron chi connectivity index (χ1n) is 5.50. The SMILES string of the molecule is CC(C)(C)[Si](C)(C)Cc1ccc(O)cc1. The molecule has 0 fully saturated rings. The van der Waals surface area contributed by atoms with E-state index in [-0.39, 0.29) is 0 Å². The van der Waals surface area contributed by atoms with E-state index in [1.54, 1.807) is 12.1 Å². The molecule has 1 N–H and O–H groups in total. The van der Waals surface area contributed by atoms with E-state index < -0.39 is 8.07 Å². The predicted molar refractivity (Wildman–Crippen MR) is 69.0 cm³/mol. The Morgan fingerprint density at radius 2 is 1.53 bits per heavy atom. The number of phenolic OH excluding ortho intramolecular Hbond substituents is 1. The van der Waals surface area contributed by atoms with E-state index in [1.807, 2.05) is 12.1 Å². The Balaban J connectivity index is 2.82. The van der Waals surface area contributed by atoms with Crippen molar-refractivity contribution in [2.24, 2.45) is 0 Å². The summed E-state index contributed by atoms with van der Waals surface area (Å²) in [7, 11) is -1.24. The summed E-state index contributed by atoms with van der Waals surface area (Å²) in [5.41, 5.74) is 1.35. The molecule has 1 rings (SSSR count). The van der Waals surface area contributed by atoms with Crippen molar-refractivity contribution in [2.75, 3.05) is 0 Å². The maximum absolute atomic E-state index is 9.23. The highest BCUT2D eigenvalue weighted by molar-refractivity contribution is 6.79. The maximum Gasteiger partial charge on any atom is 0.115 e. The fourth-order valence-electron chi connectivity index (χ4n) is 1.39. The normalized spacial score (nSPS) is 12.9. The van der Waals surface area contributed by atoms with Crippen molar-refractivity contribution in [1.82, 2.24) is 0 Å². The second-order valence-corrected chi connectivity index (χ2v) is 11.6. The molecule has 1 aromatic rings. The van der Waals surface area contributed by atoms with Crippen LogP contribution in [0.5, 0.6) is 5.75 Å². The molecule has 0 saturated heterocycles. The molecule has 0 unspecified atom stereocenters. The molecule has 0 atom stereocenters. The van der Waals surface area contributed by atoms with Crippen molar-refractivity contribution in [3.63, 3.8) is 0 Å². The lowest BCUT2D eigenvalue weighted by Crippen LogP contribution is -2.39. The van der Waals surface area contributed by atoms with Crippen molar-refractivity contribution in [1.29, 1.82) is 0 Å². The van der Waals surface area contributed by atoms with Gasteiger partial charge in [-0.3, -0.25) is 0 Å². The molecule has 1 nitrogen and oxygen atoms in total. The summed E-state index contributed by atoms with van der Waals surface area (Å²) in [4.78, 5) is 0. The zero-order chi connectivity index (χ0) is 11.7. The molecule has 15 heavy (non-hydrogen) atoms. The Morgan fingerprint density at radius 3 is 1.93 bits per heavy atom. The van der Waals surface area contributed by atoms with Crippen molar-refractivity contribution in [3.8, 4) is 5.75 Å². The molecule has 0 heterocycles. The molecule has 0 radical (unpaired) electrons. The Bertz CT molecular complexity index is 319. The lowest BCUT2D eigenvalue weighted by Gasteiger charge is -2.37. The third-order valence-corrected chi connectivity index (χ3v) is 8.97. The average molecular weight is 222 g/mol. The van der Waals surface area contributed by atoms with Gasteiger partial charge in [-0.25, -0.2) is 0 Å². The number of phenols is 1. The third kappa shape index (κ3) is 3.10. The number of hydrogen-bond donors (Lipinski definition) is 1. The Morgan fingerprint density at radius 1 is 1.07 bits per heavy atom. The fraction of sp³-hybridized carbons (Fsp3) is 0.538. The van der Waals surface area contributed by atoms with Gasteiger partial charge in [0.25, 0.3) is 0 Å². The summed E-state index contributed by atoms with van der Waals surface area (Å²) in [6, 6.07) is 8.81. The van der Waals surface area contributed by atoms with E-state index in [9.17, 15) is 5.11 Å². The van der Waals surface area contributed by atoms with Crippen LogP contribution in [0.4, 0.5) is 0 Å². The van der Waals surface area contributed by atoms with Crippen LogP contribution in [-0.2, 0) is 6.04 Å². The zero-order valence-corrected chi connectivity index (χ0v) is 11.5. The molecule has 0 spiro atoms. The van der Waals surface area contributed by atoms with Gasteiger partial charge >= 0.3 is 0 Å². The highest BCUT2D eigenvalue weighted by atomic mass is 28.3. The molecular weight excluding hydrogens is 200 g/mol. The van der Waals surface area contributed by atoms with Crippen LogP contribution in [0.2, 0.25) is 18.1 Å². The molecule has 0 bridgehead atoms. The third-order valence-electron chi connectivity index (χ3n) is 3.61. The zero-order valence-electron chi connectivity index (χ0n) is 10.5. The van der Waals surface area contributed by atoms with Crippen molar-refractivity contribution < 1.29 is 5.11 Å². The van der Waals surface area contributed by atoms with Gasteiger partial charge in [0.15, 0.2) is 0 Å². The number of rotatable bonds is 2. The average Bonchev–Trinajstić information content (AvgIpc) is 2.06. The van der Waals surface area contributed by atoms with Crippen LogP contribution in [0.25, 0.3) is 0 Å². The van der Waals surface area contributed by atoms with Crippen molar-refractivity contribution >= 4 is 8.07 Å². The van der Waals surface area contributed by atoms with Crippen LogP contribution in [0, 0.1) is 0 Å². The van der Waals surface area contributed by atoms with Crippen LogP contribution >= 0.6 is 0 Å². The van der Waals surface area contributed by atoms with Gasteiger partial charge in [0.1, 0.15) is 5.75 Å². The Hall–Kier alpha value is -0.763. The van der Waals surface area contributed by atoms with Gasteiger partial charge in [0, 0.05) is 0 Å². The van der Waals surface area contributed by atoms with Gasteiger partial charge in [-0.15, -0.1) is 0 Å². The standard InChI is InChI=1S/C13H22OSi/c1-13(2,3)15(4,5)10-11-6-8-12(14)9-7-11/h6-9,14H,10H2,1-5H3. The van der Waals surface area contributed by atoms with Gasteiger partial charge in [-0.1, -0.05) is 51.6 Å². The highest BCUT2D eigenvalue weighted by Gasteiger charge is 2.34. The number of benzene rings is 1. The summed E-state index contributed by atoms with van der Waals surface area (Å²) in [5, 5.41) is 9.65. The Labute approximate surface area is 94.2 Å². The Kier molecular flexibility index (Phi) is 3.29. The molecular formula is C13H22OSi. The molecule has 0 saturated carbocycles. The molecule has 0 aliphatic heterocycles. The molecule has 1 aromatic carbocycles. The predicted octanol–water partition coefficient (Wildman–Crippen LogP) is 3.98. The summed E-state index contributed by atoms with van der Waals surface area (Å²) in [6.45, 7) is 11.9. The maximum atomic E-state index is 9.23. The lowest BCUT2D eigenvalue weighted by molar-refractivity contribution is 0.475. The minimum atomic E-state index is -1.24. The summed E-state index contributed by atoms with van der Waals surface area (Å²) in [6.07, 6.45) is 0. The summed E-state index contributed by atoms with van der Waals surface area (Å²) >= 11 is 0. The second-order valence-electron chi connectivity index (χ2n) is 5.98. The number of aromatic hydroxyl groups is 1. The number of hydrogen-bond acceptors (Lipinski definition) is 1. The van der Waals surface area contributed by atoms with Gasteiger partial charge < -0.3 is 5.11 Å². The minimum absolute atomic E-state index is 0.356. The first-order chi connectivity index (χ1) is 6.72. The van der Waals surface area contributed by atoms with Crippen LogP contribution < -0.4 is 0 Å². The highest BCUT2D eigenvalue weighted by Crippen LogP contribution is 2.38. The lowest BCUT2D eigenvalue weighted by atomic mass is 10.2. The van der Waals surface area contributed by atoms with Crippen LogP contribution in [0.3, 0.4) is 0 Å². The van der Waals surface area contributed by atoms with Gasteiger partial charge in [0.05, 0.1) is 8.07 Å². The van der Waals surface area contributed by atoms with Crippen molar-refractivity contribution in [2.45, 2.75) is 44.9 Å². The second kappa shape index (κ2) is 4.01. The van der Waals surface area contributed by atoms with E-state index in [1.165, 1.54) is 11.6 Å². The van der Waals surface area contributed by atoms with Crippen LogP contribution in [-0.4, -0.2) is 13.2 Å². The molecule has 0 aromatic heterocycles.